The fourth-order valence-corrected chi connectivity index (χ4v) is 4.57. The molecular weight excluding hydrogens is 446 g/mol. The molecule has 0 radical (unpaired) electrons. The first-order valence-electron chi connectivity index (χ1n) is 9.87. The highest BCUT2D eigenvalue weighted by molar-refractivity contribution is 7.15. The molecule has 0 fully saturated rings. The number of hydrogen-bond donors (Lipinski definition) is 3. The maximum Gasteiger partial charge on any atom is 0.245 e. The maximum atomic E-state index is 12.0. The SMILES string of the molecule is CC(C)(O)c1ccc(-c2cc(Cl)c3oc(C/C(=C\c4ccc(N)nc4)C(N)=O)cc3c2)s1. The van der Waals surface area contributed by atoms with Gasteiger partial charge in [-0.1, -0.05) is 11.6 Å². The van der Waals surface area contributed by atoms with Gasteiger partial charge in [0.05, 0.1) is 10.6 Å². The number of carbonyl (C=O) groups excluding carboxylic acids is 1. The Morgan fingerprint density at radius 1 is 1.25 bits per heavy atom. The Morgan fingerprint density at radius 3 is 2.66 bits per heavy atom. The van der Waals surface area contributed by atoms with Gasteiger partial charge >= 0.3 is 0 Å². The van der Waals surface area contributed by atoms with Crippen LogP contribution in [0.5, 0.6) is 0 Å². The molecule has 0 atom stereocenters. The number of thiophene rings is 1. The van der Waals surface area contributed by atoms with Crippen LogP contribution in [0, 0.1) is 0 Å². The average Bonchev–Trinajstić information content (AvgIpc) is 3.36. The van der Waals surface area contributed by atoms with Gasteiger partial charge in [0.25, 0.3) is 0 Å². The number of benzene rings is 1. The van der Waals surface area contributed by atoms with Crippen molar-refractivity contribution in [3.8, 4) is 10.4 Å². The Hall–Kier alpha value is -3.13. The fourth-order valence-electron chi connectivity index (χ4n) is 3.32. The van der Waals surface area contributed by atoms with Crippen LogP contribution in [0.2, 0.25) is 5.02 Å². The molecule has 0 aliphatic heterocycles. The zero-order chi connectivity index (χ0) is 23.0. The lowest BCUT2D eigenvalue weighted by Crippen LogP contribution is -2.15. The molecule has 0 unspecified atom stereocenters. The molecular formula is C24H22ClN3O3S. The lowest BCUT2D eigenvalue weighted by Gasteiger charge is -2.14. The van der Waals surface area contributed by atoms with E-state index in [4.69, 9.17) is 27.5 Å². The topological polar surface area (TPSA) is 115 Å². The van der Waals surface area contributed by atoms with Gasteiger partial charge in [-0.15, -0.1) is 11.3 Å². The van der Waals surface area contributed by atoms with E-state index in [1.54, 1.807) is 38.3 Å². The van der Waals surface area contributed by atoms with E-state index < -0.39 is 11.5 Å². The van der Waals surface area contributed by atoms with E-state index in [9.17, 15) is 9.90 Å². The van der Waals surface area contributed by atoms with Crippen molar-refractivity contribution in [1.29, 1.82) is 0 Å². The van der Waals surface area contributed by atoms with E-state index in [0.29, 0.717) is 33.3 Å². The molecule has 4 aromatic rings. The molecule has 164 valence electrons. The van der Waals surface area contributed by atoms with Gasteiger partial charge in [0, 0.05) is 33.3 Å². The molecule has 3 aromatic heterocycles. The molecule has 4 rings (SSSR count). The van der Waals surface area contributed by atoms with E-state index in [2.05, 4.69) is 4.98 Å². The van der Waals surface area contributed by atoms with Crippen molar-refractivity contribution in [3.63, 3.8) is 0 Å². The maximum absolute atomic E-state index is 12.0. The summed E-state index contributed by atoms with van der Waals surface area (Å²) in [7, 11) is 0. The number of aromatic nitrogens is 1. The number of halogens is 1. The number of nitrogen functional groups attached to an aromatic ring is 1. The van der Waals surface area contributed by atoms with Gasteiger partial charge in [-0.2, -0.15) is 0 Å². The summed E-state index contributed by atoms with van der Waals surface area (Å²) in [6.07, 6.45) is 3.45. The number of amides is 1. The van der Waals surface area contributed by atoms with E-state index >= 15 is 0 Å². The number of fused-ring (bicyclic) bond motifs is 1. The summed E-state index contributed by atoms with van der Waals surface area (Å²) < 4.78 is 5.93. The quantitative estimate of drug-likeness (QED) is 0.340. The lowest BCUT2D eigenvalue weighted by molar-refractivity contribution is -0.114. The monoisotopic (exact) mass is 467 g/mol. The van der Waals surface area contributed by atoms with Crippen LogP contribution in [0.4, 0.5) is 5.82 Å². The third kappa shape index (κ3) is 4.70. The minimum atomic E-state index is -0.906. The fraction of sp³-hybridized carbons (Fsp3) is 0.167. The number of nitrogens with two attached hydrogens (primary N) is 2. The van der Waals surface area contributed by atoms with Crippen LogP contribution < -0.4 is 11.5 Å². The van der Waals surface area contributed by atoms with E-state index in [-0.39, 0.29) is 6.42 Å². The third-order valence-electron chi connectivity index (χ3n) is 4.95. The van der Waals surface area contributed by atoms with Crippen LogP contribution in [-0.4, -0.2) is 16.0 Å². The molecule has 0 spiro atoms. The number of carbonyl (C=O) groups is 1. The van der Waals surface area contributed by atoms with Crippen LogP contribution in [-0.2, 0) is 16.8 Å². The Labute approximate surface area is 194 Å². The first kappa shape index (κ1) is 22.1. The Balaban J connectivity index is 1.67. The third-order valence-corrected chi connectivity index (χ3v) is 6.67. The van der Waals surface area contributed by atoms with Crippen molar-refractivity contribution < 1.29 is 14.3 Å². The Kier molecular flexibility index (Phi) is 5.81. The van der Waals surface area contributed by atoms with Crippen LogP contribution in [0.3, 0.4) is 0 Å². The molecule has 0 aliphatic carbocycles. The van der Waals surface area contributed by atoms with Gasteiger partial charge in [0.2, 0.25) is 5.91 Å². The van der Waals surface area contributed by atoms with Gasteiger partial charge in [-0.25, -0.2) is 4.98 Å². The standard InChI is InChI=1S/C24H22ClN3O3S/c1-24(2,30)20-5-4-19(32-20)14-8-15-9-17(31-22(15)18(25)11-14)10-16(23(27)29)7-13-3-6-21(26)28-12-13/h3-9,11-12,30H,10H2,1-2H3,(H2,26,28)(H2,27,29)/b16-7+. The second kappa shape index (κ2) is 8.43. The van der Waals surface area contributed by atoms with Gasteiger partial charge in [-0.05, 0) is 73.5 Å². The van der Waals surface area contributed by atoms with Crippen molar-refractivity contribution in [2.24, 2.45) is 5.73 Å². The van der Waals surface area contributed by atoms with Crippen molar-refractivity contribution in [1.82, 2.24) is 4.98 Å². The highest BCUT2D eigenvalue weighted by Gasteiger charge is 2.20. The number of rotatable bonds is 6. The molecule has 0 bridgehead atoms. The van der Waals surface area contributed by atoms with Crippen LogP contribution in [0.1, 0.15) is 30.0 Å². The number of primary amides is 1. The zero-order valence-corrected chi connectivity index (χ0v) is 19.1. The summed E-state index contributed by atoms with van der Waals surface area (Å²) in [5.74, 6) is 0.411. The van der Waals surface area contributed by atoms with Crippen LogP contribution in [0.25, 0.3) is 27.5 Å². The van der Waals surface area contributed by atoms with Crippen LogP contribution in [0.15, 0.2) is 58.7 Å². The molecule has 1 amide bonds. The first-order chi connectivity index (χ1) is 15.1. The molecule has 0 saturated carbocycles. The summed E-state index contributed by atoms with van der Waals surface area (Å²) in [6, 6.07) is 13.0. The number of nitrogens with zero attached hydrogens (tertiary/aromatic N) is 1. The van der Waals surface area contributed by atoms with Crippen molar-refractivity contribution >= 4 is 51.7 Å². The molecule has 8 heteroatoms. The van der Waals surface area contributed by atoms with E-state index in [1.165, 1.54) is 11.3 Å². The molecule has 5 N–H and O–H groups in total. The summed E-state index contributed by atoms with van der Waals surface area (Å²) in [5, 5.41) is 11.5. The normalized spacial score (nSPS) is 12.4. The highest BCUT2D eigenvalue weighted by Crippen LogP contribution is 2.38. The average molecular weight is 468 g/mol. The zero-order valence-electron chi connectivity index (χ0n) is 17.6. The second-order valence-electron chi connectivity index (χ2n) is 8.04. The summed E-state index contributed by atoms with van der Waals surface area (Å²) >= 11 is 8.01. The number of anilines is 1. The summed E-state index contributed by atoms with van der Waals surface area (Å²) in [6.45, 7) is 3.51. The Morgan fingerprint density at radius 2 is 2.03 bits per heavy atom. The van der Waals surface area contributed by atoms with Crippen molar-refractivity contribution in [2.75, 3.05) is 5.73 Å². The minimum Gasteiger partial charge on any atom is -0.459 e. The number of hydrogen-bond acceptors (Lipinski definition) is 6. The van der Waals surface area contributed by atoms with Gasteiger partial charge < -0.3 is 21.0 Å². The number of aliphatic hydroxyl groups is 1. The smallest absolute Gasteiger partial charge is 0.245 e. The predicted octanol–water partition coefficient (Wildman–Crippen LogP) is 5.13. The Bertz CT molecular complexity index is 1330. The van der Waals surface area contributed by atoms with Gasteiger partial charge in [0.1, 0.15) is 11.6 Å². The predicted molar refractivity (Wildman–Crippen MR) is 129 cm³/mol. The highest BCUT2D eigenvalue weighted by atomic mass is 35.5. The molecule has 6 nitrogen and oxygen atoms in total. The molecule has 3 heterocycles. The van der Waals surface area contributed by atoms with Gasteiger partial charge in [-0.3, -0.25) is 4.79 Å². The molecule has 32 heavy (non-hydrogen) atoms. The van der Waals surface area contributed by atoms with Crippen molar-refractivity contribution in [3.05, 3.63) is 75.5 Å². The molecule has 0 aliphatic rings. The first-order valence-corrected chi connectivity index (χ1v) is 11.1. The van der Waals surface area contributed by atoms with Gasteiger partial charge in [0.15, 0.2) is 5.58 Å². The largest absolute Gasteiger partial charge is 0.459 e. The summed E-state index contributed by atoms with van der Waals surface area (Å²) in [4.78, 5) is 17.9. The van der Waals surface area contributed by atoms with Crippen molar-refractivity contribution in [2.45, 2.75) is 25.9 Å². The lowest BCUT2D eigenvalue weighted by atomic mass is 10.1. The number of pyridine rings is 1. The second-order valence-corrected chi connectivity index (χ2v) is 9.53. The minimum absolute atomic E-state index is 0.210. The van der Waals surface area contributed by atoms with E-state index in [0.717, 1.165) is 20.7 Å². The van der Waals surface area contributed by atoms with Crippen LogP contribution >= 0.6 is 22.9 Å². The summed E-state index contributed by atoms with van der Waals surface area (Å²) in [5.41, 5.74) is 12.8. The van der Waals surface area contributed by atoms with E-state index in [1.807, 2.05) is 30.3 Å². The number of furan rings is 1. The molecule has 0 saturated heterocycles. The molecule has 1 aromatic carbocycles.